The molecule has 1 fully saturated rings. The van der Waals surface area contributed by atoms with Crippen molar-refractivity contribution in [3.05, 3.63) is 120 Å². The second kappa shape index (κ2) is 34.0. The van der Waals surface area contributed by atoms with Gasteiger partial charge in [0.15, 0.2) is 0 Å². The minimum absolute atomic E-state index is 0.00583. The Morgan fingerprint density at radius 2 is 1.22 bits per heavy atom. The summed E-state index contributed by atoms with van der Waals surface area (Å²) in [6.07, 6.45) is 4.60. The maximum atomic E-state index is 15.0. The lowest BCUT2D eigenvalue weighted by Gasteiger charge is -2.37. The number of fused-ring (bicyclic) bond motifs is 2. The summed E-state index contributed by atoms with van der Waals surface area (Å²) in [7, 11) is 1.45. The van der Waals surface area contributed by atoms with E-state index < -0.39 is 143 Å². The van der Waals surface area contributed by atoms with Crippen LogP contribution in [0.3, 0.4) is 0 Å². The summed E-state index contributed by atoms with van der Waals surface area (Å²) in [6.45, 7) is 3.17. The van der Waals surface area contributed by atoms with Gasteiger partial charge in [-0.25, -0.2) is 13.8 Å². The molecule has 0 aliphatic carbocycles. The Hall–Kier alpha value is -9.56. The van der Waals surface area contributed by atoms with Crippen molar-refractivity contribution in [1.82, 2.24) is 67.4 Å². The first kappa shape index (κ1) is 72.9. The summed E-state index contributed by atoms with van der Waals surface area (Å²) in [6, 6.07) is 1.85. The molecule has 32 heteroatoms. The molecule has 1 aliphatic heterocycles. The molecule has 28 nitrogen and oxygen atoms in total. The summed E-state index contributed by atoms with van der Waals surface area (Å²) >= 11 is 8.23. The fourth-order valence-electron chi connectivity index (χ4n) is 11.1. The van der Waals surface area contributed by atoms with Gasteiger partial charge in [0.2, 0.25) is 59.1 Å². The van der Waals surface area contributed by atoms with Crippen molar-refractivity contribution in [1.29, 1.82) is 0 Å². The lowest BCUT2D eigenvalue weighted by atomic mass is 9.95. The van der Waals surface area contributed by atoms with E-state index in [-0.39, 0.29) is 73.2 Å². The van der Waals surface area contributed by atoms with E-state index in [1.165, 1.54) is 81.1 Å². The Labute approximate surface area is 555 Å². The number of thiol groups is 2. The van der Waals surface area contributed by atoms with E-state index in [2.05, 4.69) is 87.7 Å². The van der Waals surface area contributed by atoms with Crippen molar-refractivity contribution in [2.75, 3.05) is 31.7 Å². The second-order valence-corrected chi connectivity index (χ2v) is 24.1. The molecule has 10 amide bonds. The number of unbranched alkanes of at least 4 members (excludes halogenated alkanes) is 1. The topological polar surface area (TPSA) is 429 Å². The van der Waals surface area contributed by atoms with Gasteiger partial charge in [-0.1, -0.05) is 12.1 Å². The number of amides is 10. The summed E-state index contributed by atoms with van der Waals surface area (Å²) in [5, 5.41) is 31.6. The predicted molar refractivity (Wildman–Crippen MR) is 350 cm³/mol. The molecule has 1 saturated heterocycles. The molecule has 3 aromatic carbocycles. The number of H-pyrrole nitrogens is 3. The quantitative estimate of drug-likeness (QED) is 0.0191. The van der Waals surface area contributed by atoms with Crippen molar-refractivity contribution in [3.63, 3.8) is 0 Å². The molecule has 0 spiro atoms. The molecule has 4 heterocycles. The third kappa shape index (κ3) is 19.8. The molecular formula is C63H79F2N15O13S2. The number of hydrogen-bond acceptors (Lipinski definition) is 16. The van der Waals surface area contributed by atoms with Gasteiger partial charge in [-0.2, -0.15) is 25.3 Å². The van der Waals surface area contributed by atoms with Crippen LogP contribution in [0.15, 0.2) is 85.6 Å². The maximum absolute atomic E-state index is 15.0. The Balaban J connectivity index is 1.19. The molecule has 9 atom stereocenters. The zero-order chi connectivity index (χ0) is 69.1. The van der Waals surface area contributed by atoms with Crippen LogP contribution in [0.1, 0.15) is 81.2 Å². The number of methoxy groups -OCH3 is 1. The number of carboxylic acid groups (broad SMARTS) is 1. The minimum atomic E-state index is -2.04. The number of primary amides is 1. The van der Waals surface area contributed by atoms with E-state index in [1.807, 2.05) is 0 Å². The number of hydrogen-bond donors (Lipinski definition) is 16. The number of halogens is 2. The van der Waals surface area contributed by atoms with E-state index in [9.17, 15) is 57.0 Å². The molecule has 16 N–H and O–H groups in total. The average molecular weight is 1360 g/mol. The highest BCUT2D eigenvalue weighted by atomic mass is 32.1. The number of aliphatic carboxylic acids is 1. The Kier molecular flexibility index (Phi) is 26.1. The monoisotopic (exact) mass is 1360 g/mol. The number of nitrogens with one attached hydrogen (secondary N) is 11. The van der Waals surface area contributed by atoms with E-state index in [4.69, 9.17) is 16.2 Å². The Bertz CT molecular complexity index is 3740. The predicted octanol–water partition coefficient (Wildman–Crippen LogP) is 0.548. The van der Waals surface area contributed by atoms with E-state index in [1.54, 1.807) is 24.3 Å². The number of carbonyl (C=O) groups is 11. The number of ether oxygens (including phenoxy) is 1. The number of carboxylic acids is 1. The van der Waals surface area contributed by atoms with Crippen LogP contribution in [0.4, 0.5) is 8.78 Å². The van der Waals surface area contributed by atoms with Gasteiger partial charge in [0.1, 0.15) is 71.3 Å². The molecule has 7 rings (SSSR count). The van der Waals surface area contributed by atoms with Gasteiger partial charge in [-0.15, -0.1) is 0 Å². The van der Waals surface area contributed by atoms with Crippen LogP contribution in [0.5, 0.6) is 5.75 Å². The molecule has 0 radical (unpaired) electrons. The van der Waals surface area contributed by atoms with Crippen molar-refractivity contribution < 1.29 is 71.4 Å². The molecule has 1 aliphatic rings. The van der Waals surface area contributed by atoms with Crippen LogP contribution < -0.4 is 58.7 Å². The molecule has 95 heavy (non-hydrogen) atoms. The third-order valence-electron chi connectivity index (χ3n) is 16.3. The normalized spacial score (nSPS) is 16.2. The van der Waals surface area contributed by atoms with Gasteiger partial charge in [0.25, 0.3) is 0 Å². The zero-order valence-electron chi connectivity index (χ0n) is 52.4. The second-order valence-electron chi connectivity index (χ2n) is 23.2. The van der Waals surface area contributed by atoms with Crippen molar-refractivity contribution in [3.8, 4) is 5.75 Å². The first-order valence-corrected chi connectivity index (χ1v) is 31.9. The fraction of sp³-hybridized carbons (Fsp3) is 0.429. The van der Waals surface area contributed by atoms with Gasteiger partial charge >= 0.3 is 5.97 Å². The Morgan fingerprint density at radius 3 is 1.75 bits per heavy atom. The number of aromatic amines is 3. The van der Waals surface area contributed by atoms with Crippen LogP contribution in [0, 0.1) is 11.6 Å². The van der Waals surface area contributed by atoms with E-state index in [0.29, 0.717) is 59.1 Å². The van der Waals surface area contributed by atoms with Gasteiger partial charge in [-0.3, -0.25) is 52.7 Å². The Morgan fingerprint density at radius 1 is 0.674 bits per heavy atom. The van der Waals surface area contributed by atoms with Crippen molar-refractivity contribution >= 4 is 112 Å². The van der Waals surface area contributed by atoms with Gasteiger partial charge < -0.3 is 83.7 Å². The first-order chi connectivity index (χ1) is 45.3. The third-order valence-corrected chi connectivity index (χ3v) is 16.9. The molecule has 0 bridgehead atoms. The van der Waals surface area contributed by atoms with Gasteiger partial charge in [-0.05, 0) is 123 Å². The van der Waals surface area contributed by atoms with Crippen LogP contribution in [0.25, 0.3) is 21.8 Å². The molecule has 0 saturated carbocycles. The highest BCUT2D eigenvalue weighted by molar-refractivity contribution is 7.80. The average Bonchev–Trinajstić information content (AvgIpc) is 1.74. The maximum Gasteiger partial charge on any atom is 0.305 e. The number of imidazole rings is 1. The highest BCUT2D eigenvalue weighted by Gasteiger charge is 2.48. The van der Waals surface area contributed by atoms with Gasteiger partial charge in [0, 0.05) is 90.5 Å². The van der Waals surface area contributed by atoms with Gasteiger partial charge in [0.05, 0.1) is 19.9 Å². The van der Waals surface area contributed by atoms with Crippen molar-refractivity contribution in [2.24, 2.45) is 11.5 Å². The molecule has 6 aromatic rings. The number of nitrogens with zero attached hydrogens (tertiary/aromatic N) is 2. The molecule has 0 unspecified atom stereocenters. The number of rotatable bonds is 35. The van der Waals surface area contributed by atoms with E-state index >= 15 is 9.59 Å². The lowest BCUT2D eigenvalue weighted by molar-refractivity contribution is -0.147. The number of benzene rings is 3. The van der Waals surface area contributed by atoms with Crippen LogP contribution in [-0.4, -0.2) is 181 Å². The van der Waals surface area contributed by atoms with Crippen LogP contribution in [0.2, 0.25) is 0 Å². The van der Waals surface area contributed by atoms with Crippen molar-refractivity contribution in [2.45, 2.75) is 138 Å². The largest absolute Gasteiger partial charge is 0.497 e. The SMILES string of the molecule is COc1ccc(C[C@H](NC(=O)[C@H](Cc2cnc[nH]2)NC(=O)[C@H](CC(=O)O)NC(=O)[C@H](Cc2c[nH]c3ccc(F)cc23)NC(=O)[C@H](Cc2c[nH]c3ccc(F)cc23)NC(=O)[C@@H](C)NC(=O)[C@H](CCCCN)NC(=O)CCS)C(=O)N2CCC[C@@]2(C)C(=O)N[C@@H](CS)C(N)=O)cc1. The first-order valence-electron chi connectivity index (χ1n) is 30.6. The number of likely N-dealkylation sites (tertiary alicyclic amines) is 1. The summed E-state index contributed by atoms with van der Waals surface area (Å²) in [5.74, 6) is -11.3. The molecule has 510 valence electrons. The summed E-state index contributed by atoms with van der Waals surface area (Å²) in [4.78, 5) is 168. The number of nitrogens with two attached hydrogens (primary N) is 2. The fourth-order valence-corrected chi connectivity index (χ4v) is 11.5. The highest BCUT2D eigenvalue weighted by Crippen LogP contribution is 2.31. The van der Waals surface area contributed by atoms with E-state index in [0.717, 1.165) is 6.07 Å². The standard InChI is InChI=1S/C63H79F2N15O13S2/c1-33(72-56(86)45(7-4-5-18-66)73-52(81)16-20-94)55(85)74-46(22-35-28-69-43-14-10-37(64)24-41(35)43)57(87)75-47(23-36-29-70-44-15-11-38(65)25-42(36)44)58(88)77-49(27-53(82)83)60(90)76-48(26-39-30-68-32-71-39)59(89)78-50(21-34-8-12-40(93-3)13-9-34)61(91)80-19-6-17-63(80,2)62(92)79-51(31-95)54(67)84/h8-15,24-25,28-30,32-33,45-51,69-70,94-95H,4-7,16-23,26-27,31,66H2,1-3H3,(H2,67,84)(H,68,71)(H,72,86)(H,73,81)(H,74,85)(H,75,87)(H,76,90)(H,77,88)(H,78,89)(H,79,92)(H,82,83)/t33-,45+,46+,47+,48+,49+,50+,51+,63+/m1/s1. The van der Waals surface area contributed by atoms with Crippen LogP contribution >= 0.6 is 25.3 Å². The van der Waals surface area contributed by atoms with Crippen LogP contribution in [-0.2, 0) is 78.4 Å². The minimum Gasteiger partial charge on any atom is -0.497 e. The summed E-state index contributed by atoms with van der Waals surface area (Å²) in [5.41, 5.74) is 11.8. The number of aromatic nitrogens is 4. The molecule has 3 aromatic heterocycles. The molecular weight excluding hydrogens is 1280 g/mol. The lowest BCUT2D eigenvalue weighted by Crippen LogP contribution is -2.63. The zero-order valence-corrected chi connectivity index (χ0v) is 54.1. The smallest absolute Gasteiger partial charge is 0.305 e. The summed E-state index contributed by atoms with van der Waals surface area (Å²) < 4.78 is 35.0. The number of carbonyl (C=O) groups excluding carboxylic acids is 10.